The number of carbonyl (C=O) groups excluding carboxylic acids is 1. The molecular formula is C11H21NO2. The number of rotatable bonds is 1. The summed E-state index contributed by atoms with van der Waals surface area (Å²) in [5.41, 5.74) is -0.379. The average Bonchev–Trinajstić information content (AvgIpc) is 2.01. The van der Waals surface area contributed by atoms with E-state index >= 15 is 0 Å². The van der Waals surface area contributed by atoms with Crippen LogP contribution in [0.15, 0.2) is 0 Å². The number of esters is 1. The number of carbonyl (C=O) groups is 1. The van der Waals surface area contributed by atoms with Crippen molar-refractivity contribution in [2.75, 3.05) is 6.54 Å². The van der Waals surface area contributed by atoms with Gasteiger partial charge in [0.05, 0.1) is 0 Å². The molecular weight excluding hydrogens is 178 g/mol. The minimum absolute atomic E-state index is 0.107. The quantitative estimate of drug-likeness (QED) is 0.653. The molecule has 1 N–H and O–H groups in total. The maximum atomic E-state index is 11.7. The zero-order chi connectivity index (χ0) is 10.8. The van der Waals surface area contributed by atoms with Crippen molar-refractivity contribution in [1.82, 2.24) is 5.32 Å². The highest BCUT2D eigenvalue weighted by molar-refractivity contribution is 5.76. The Hall–Kier alpha value is -0.570. The lowest BCUT2D eigenvalue weighted by Gasteiger charge is -2.31. The Morgan fingerprint density at radius 1 is 1.43 bits per heavy atom. The van der Waals surface area contributed by atoms with E-state index in [1.54, 1.807) is 0 Å². The smallest absolute Gasteiger partial charge is 0.323 e. The SMILES string of the molecule is CC1CCCNC1C(=O)OC(C)(C)C. The Labute approximate surface area is 86.2 Å². The van der Waals surface area contributed by atoms with Crippen LogP contribution in [-0.2, 0) is 9.53 Å². The van der Waals surface area contributed by atoms with Crippen molar-refractivity contribution in [1.29, 1.82) is 0 Å². The second kappa shape index (κ2) is 4.30. The molecule has 2 unspecified atom stereocenters. The van der Waals surface area contributed by atoms with Crippen molar-refractivity contribution in [3.63, 3.8) is 0 Å². The van der Waals surface area contributed by atoms with Gasteiger partial charge in [-0.2, -0.15) is 0 Å². The van der Waals surface area contributed by atoms with Gasteiger partial charge in [0, 0.05) is 0 Å². The van der Waals surface area contributed by atoms with Gasteiger partial charge in [-0.15, -0.1) is 0 Å². The van der Waals surface area contributed by atoms with Gasteiger partial charge in [-0.1, -0.05) is 6.92 Å². The summed E-state index contributed by atoms with van der Waals surface area (Å²) in [7, 11) is 0. The third-order valence-corrected chi connectivity index (χ3v) is 2.43. The normalized spacial score (nSPS) is 28.6. The van der Waals surface area contributed by atoms with Gasteiger partial charge >= 0.3 is 5.97 Å². The molecule has 0 spiro atoms. The molecule has 3 nitrogen and oxygen atoms in total. The van der Waals surface area contributed by atoms with Crippen LogP contribution in [0.5, 0.6) is 0 Å². The van der Waals surface area contributed by atoms with E-state index in [2.05, 4.69) is 12.2 Å². The molecule has 0 aromatic carbocycles. The van der Waals surface area contributed by atoms with E-state index in [1.807, 2.05) is 20.8 Å². The first-order valence-corrected chi connectivity index (χ1v) is 5.36. The maximum absolute atomic E-state index is 11.7. The number of hydrogen-bond donors (Lipinski definition) is 1. The standard InChI is InChI=1S/C11H21NO2/c1-8-6-5-7-12-9(8)10(13)14-11(2,3)4/h8-9,12H,5-7H2,1-4H3. The van der Waals surface area contributed by atoms with Crippen LogP contribution in [0.3, 0.4) is 0 Å². The van der Waals surface area contributed by atoms with Gasteiger partial charge in [-0.3, -0.25) is 4.79 Å². The zero-order valence-electron chi connectivity index (χ0n) is 9.59. The summed E-state index contributed by atoms with van der Waals surface area (Å²) >= 11 is 0. The van der Waals surface area contributed by atoms with Crippen LogP contribution in [0.2, 0.25) is 0 Å². The predicted molar refractivity (Wildman–Crippen MR) is 56.0 cm³/mol. The largest absolute Gasteiger partial charge is 0.459 e. The fourth-order valence-corrected chi connectivity index (χ4v) is 1.73. The van der Waals surface area contributed by atoms with Gasteiger partial charge in [-0.05, 0) is 46.1 Å². The number of piperidine rings is 1. The lowest BCUT2D eigenvalue weighted by molar-refractivity contribution is -0.159. The number of nitrogens with one attached hydrogen (secondary N) is 1. The molecule has 0 aromatic rings. The summed E-state index contributed by atoms with van der Waals surface area (Å²) in [6.45, 7) is 8.73. The van der Waals surface area contributed by atoms with Crippen LogP contribution in [0.1, 0.15) is 40.5 Å². The average molecular weight is 199 g/mol. The minimum Gasteiger partial charge on any atom is -0.459 e. The highest BCUT2D eigenvalue weighted by atomic mass is 16.6. The topological polar surface area (TPSA) is 38.3 Å². The third kappa shape index (κ3) is 3.29. The van der Waals surface area contributed by atoms with E-state index in [4.69, 9.17) is 4.74 Å². The van der Waals surface area contributed by atoms with Crippen molar-refractivity contribution in [3.05, 3.63) is 0 Å². The fourth-order valence-electron chi connectivity index (χ4n) is 1.73. The maximum Gasteiger partial charge on any atom is 0.323 e. The Morgan fingerprint density at radius 3 is 2.57 bits per heavy atom. The van der Waals surface area contributed by atoms with Crippen molar-refractivity contribution >= 4 is 5.97 Å². The Kier molecular flexibility index (Phi) is 3.53. The van der Waals surface area contributed by atoms with Crippen LogP contribution in [0.25, 0.3) is 0 Å². The molecule has 1 rings (SSSR count). The summed E-state index contributed by atoms with van der Waals surface area (Å²) in [4.78, 5) is 11.7. The van der Waals surface area contributed by atoms with E-state index in [-0.39, 0.29) is 17.6 Å². The Balaban J connectivity index is 2.50. The van der Waals surface area contributed by atoms with E-state index in [0.717, 1.165) is 19.4 Å². The molecule has 0 bridgehead atoms. The monoisotopic (exact) mass is 199 g/mol. The predicted octanol–water partition coefficient (Wildman–Crippen LogP) is 1.72. The van der Waals surface area contributed by atoms with Gasteiger partial charge in [0.1, 0.15) is 11.6 Å². The summed E-state index contributed by atoms with van der Waals surface area (Å²) < 4.78 is 5.35. The molecule has 3 heteroatoms. The van der Waals surface area contributed by atoms with Crippen LogP contribution >= 0.6 is 0 Å². The summed E-state index contributed by atoms with van der Waals surface area (Å²) in [5.74, 6) is 0.281. The number of hydrogen-bond acceptors (Lipinski definition) is 3. The molecule has 0 saturated carbocycles. The highest BCUT2D eigenvalue weighted by Crippen LogP contribution is 2.18. The first-order chi connectivity index (χ1) is 6.40. The summed E-state index contributed by atoms with van der Waals surface area (Å²) in [5, 5.41) is 3.22. The molecule has 0 aliphatic carbocycles. The zero-order valence-corrected chi connectivity index (χ0v) is 9.59. The van der Waals surface area contributed by atoms with Gasteiger partial charge in [0.2, 0.25) is 0 Å². The minimum atomic E-state index is -0.379. The van der Waals surface area contributed by atoms with E-state index < -0.39 is 0 Å². The third-order valence-electron chi connectivity index (χ3n) is 2.43. The molecule has 0 radical (unpaired) electrons. The Morgan fingerprint density at radius 2 is 2.07 bits per heavy atom. The molecule has 1 aliphatic heterocycles. The van der Waals surface area contributed by atoms with Crippen molar-refractivity contribution < 1.29 is 9.53 Å². The first kappa shape index (κ1) is 11.5. The second-order valence-electron chi connectivity index (χ2n) is 5.08. The van der Waals surface area contributed by atoms with Gasteiger partial charge < -0.3 is 10.1 Å². The fraction of sp³-hybridized carbons (Fsp3) is 0.909. The van der Waals surface area contributed by atoms with Gasteiger partial charge in [0.25, 0.3) is 0 Å². The van der Waals surface area contributed by atoms with Crippen molar-refractivity contribution in [2.24, 2.45) is 5.92 Å². The van der Waals surface area contributed by atoms with E-state index in [1.165, 1.54) is 0 Å². The second-order valence-corrected chi connectivity index (χ2v) is 5.08. The molecule has 1 aliphatic rings. The van der Waals surface area contributed by atoms with Crippen LogP contribution in [0, 0.1) is 5.92 Å². The summed E-state index contributed by atoms with van der Waals surface area (Å²) in [6, 6.07) is -0.108. The summed E-state index contributed by atoms with van der Waals surface area (Å²) in [6.07, 6.45) is 2.26. The molecule has 14 heavy (non-hydrogen) atoms. The Bertz CT molecular complexity index is 208. The number of ether oxygens (including phenoxy) is 1. The van der Waals surface area contributed by atoms with E-state index in [9.17, 15) is 4.79 Å². The van der Waals surface area contributed by atoms with E-state index in [0.29, 0.717) is 5.92 Å². The van der Waals surface area contributed by atoms with Crippen LogP contribution in [0.4, 0.5) is 0 Å². The van der Waals surface area contributed by atoms with Crippen molar-refractivity contribution in [3.8, 4) is 0 Å². The first-order valence-electron chi connectivity index (χ1n) is 5.36. The molecule has 0 amide bonds. The van der Waals surface area contributed by atoms with Crippen LogP contribution < -0.4 is 5.32 Å². The molecule has 1 heterocycles. The molecule has 1 saturated heterocycles. The highest BCUT2D eigenvalue weighted by Gasteiger charge is 2.31. The molecule has 2 atom stereocenters. The van der Waals surface area contributed by atoms with Gasteiger partial charge in [0.15, 0.2) is 0 Å². The lowest BCUT2D eigenvalue weighted by Crippen LogP contribution is -2.48. The lowest BCUT2D eigenvalue weighted by atomic mass is 9.93. The van der Waals surface area contributed by atoms with Crippen LogP contribution in [-0.4, -0.2) is 24.2 Å². The molecule has 82 valence electrons. The van der Waals surface area contributed by atoms with Gasteiger partial charge in [-0.25, -0.2) is 0 Å². The molecule has 1 fully saturated rings. The molecule has 0 aromatic heterocycles. The van der Waals surface area contributed by atoms with Crippen molar-refractivity contribution in [2.45, 2.75) is 52.2 Å².